The van der Waals surface area contributed by atoms with Crippen LogP contribution in [0.2, 0.25) is 0 Å². The molecule has 6 heteroatoms. The molecule has 16 heavy (non-hydrogen) atoms. The summed E-state index contributed by atoms with van der Waals surface area (Å²) in [5, 5.41) is 20.3. The molecule has 0 aliphatic carbocycles. The Morgan fingerprint density at radius 3 is 2.81 bits per heavy atom. The number of benzene rings is 1. The minimum atomic E-state index is -0.847. The lowest BCUT2D eigenvalue weighted by Crippen LogP contribution is -2.08. The van der Waals surface area contributed by atoms with Crippen LogP contribution in [-0.4, -0.2) is 23.7 Å². The van der Waals surface area contributed by atoms with Crippen molar-refractivity contribution in [3.05, 3.63) is 33.9 Å². The van der Waals surface area contributed by atoms with Crippen LogP contribution in [0.4, 0.5) is 5.69 Å². The predicted octanol–water partition coefficient (Wildman–Crippen LogP) is 0.986. The van der Waals surface area contributed by atoms with E-state index in [0.29, 0.717) is 24.3 Å². The fourth-order valence-corrected chi connectivity index (χ4v) is 1.41. The van der Waals surface area contributed by atoms with E-state index in [2.05, 4.69) is 0 Å². The van der Waals surface area contributed by atoms with Crippen LogP contribution in [-0.2, 0) is 0 Å². The average molecular weight is 226 g/mol. The lowest BCUT2D eigenvalue weighted by molar-refractivity contribution is -0.385. The Morgan fingerprint density at radius 1 is 1.62 bits per heavy atom. The zero-order valence-corrected chi connectivity index (χ0v) is 8.92. The molecular formula is C10H14N2O4. The van der Waals surface area contributed by atoms with Gasteiger partial charge in [-0.15, -0.1) is 0 Å². The second kappa shape index (κ2) is 5.43. The number of rotatable bonds is 5. The number of nitrogens with zero attached hydrogens (tertiary/aromatic N) is 1. The van der Waals surface area contributed by atoms with E-state index in [9.17, 15) is 15.2 Å². The van der Waals surface area contributed by atoms with Gasteiger partial charge in [-0.3, -0.25) is 10.1 Å². The molecule has 1 aromatic rings. The highest BCUT2D eigenvalue weighted by molar-refractivity contribution is 5.44. The molecule has 1 atom stereocenters. The van der Waals surface area contributed by atoms with Gasteiger partial charge >= 0.3 is 0 Å². The van der Waals surface area contributed by atoms with Gasteiger partial charge in [0.05, 0.1) is 18.1 Å². The maximum absolute atomic E-state index is 10.6. The first kappa shape index (κ1) is 12.4. The van der Waals surface area contributed by atoms with Crippen molar-refractivity contribution in [3.63, 3.8) is 0 Å². The Hall–Kier alpha value is -1.66. The summed E-state index contributed by atoms with van der Waals surface area (Å²) >= 11 is 0. The summed E-state index contributed by atoms with van der Waals surface area (Å²) in [6.45, 7) is 0.299. The molecule has 0 fully saturated rings. The van der Waals surface area contributed by atoms with Gasteiger partial charge < -0.3 is 15.6 Å². The molecule has 3 N–H and O–H groups in total. The molecule has 1 rings (SSSR count). The Bertz CT molecular complexity index is 381. The van der Waals surface area contributed by atoms with Crippen molar-refractivity contribution in [2.75, 3.05) is 13.7 Å². The van der Waals surface area contributed by atoms with Gasteiger partial charge in [0, 0.05) is 17.7 Å². The van der Waals surface area contributed by atoms with E-state index in [1.54, 1.807) is 0 Å². The smallest absolute Gasteiger partial charge is 0.270 e. The van der Waals surface area contributed by atoms with E-state index in [4.69, 9.17) is 10.5 Å². The van der Waals surface area contributed by atoms with Crippen molar-refractivity contribution in [2.45, 2.75) is 12.5 Å². The second-order valence-electron chi connectivity index (χ2n) is 3.28. The first-order valence-corrected chi connectivity index (χ1v) is 4.80. The summed E-state index contributed by atoms with van der Waals surface area (Å²) < 4.78 is 5.02. The number of hydrogen-bond donors (Lipinski definition) is 2. The van der Waals surface area contributed by atoms with Gasteiger partial charge in [0.1, 0.15) is 5.75 Å². The zero-order valence-electron chi connectivity index (χ0n) is 8.92. The molecule has 0 aliphatic heterocycles. The van der Waals surface area contributed by atoms with Gasteiger partial charge in [0.2, 0.25) is 0 Å². The average Bonchev–Trinajstić information content (AvgIpc) is 2.28. The summed E-state index contributed by atoms with van der Waals surface area (Å²) in [5.74, 6) is 0.423. The van der Waals surface area contributed by atoms with Crippen LogP contribution in [0.5, 0.6) is 5.75 Å². The summed E-state index contributed by atoms with van der Waals surface area (Å²) in [5.41, 5.74) is 5.64. The molecule has 0 unspecified atom stereocenters. The molecule has 0 aromatic heterocycles. The molecule has 0 amide bonds. The Morgan fingerprint density at radius 2 is 2.31 bits per heavy atom. The minimum absolute atomic E-state index is 0.0770. The van der Waals surface area contributed by atoms with Gasteiger partial charge in [0.15, 0.2) is 0 Å². The number of aliphatic hydroxyl groups excluding tert-OH is 1. The molecule has 1 aromatic carbocycles. The fraction of sp³-hybridized carbons (Fsp3) is 0.400. The van der Waals surface area contributed by atoms with E-state index in [-0.39, 0.29) is 5.69 Å². The van der Waals surface area contributed by atoms with Crippen molar-refractivity contribution >= 4 is 5.69 Å². The lowest BCUT2D eigenvalue weighted by atomic mass is 10.0. The van der Waals surface area contributed by atoms with E-state index < -0.39 is 11.0 Å². The molecule has 88 valence electrons. The predicted molar refractivity (Wildman–Crippen MR) is 58.3 cm³/mol. The maximum atomic E-state index is 10.6. The summed E-state index contributed by atoms with van der Waals surface area (Å²) in [6.07, 6.45) is -0.516. The number of methoxy groups -OCH3 is 1. The summed E-state index contributed by atoms with van der Waals surface area (Å²) in [7, 11) is 1.44. The molecule has 0 radical (unpaired) electrons. The number of non-ortho nitro benzene ring substituents is 1. The third kappa shape index (κ3) is 2.68. The largest absolute Gasteiger partial charge is 0.496 e. The fourth-order valence-electron chi connectivity index (χ4n) is 1.41. The monoisotopic (exact) mass is 226 g/mol. The van der Waals surface area contributed by atoms with Crippen LogP contribution >= 0.6 is 0 Å². The van der Waals surface area contributed by atoms with Crippen LogP contribution in [0.15, 0.2) is 18.2 Å². The quantitative estimate of drug-likeness (QED) is 0.576. The third-order valence-electron chi connectivity index (χ3n) is 2.22. The molecule has 0 aliphatic rings. The summed E-state index contributed by atoms with van der Waals surface area (Å²) in [6, 6.07) is 4.10. The van der Waals surface area contributed by atoms with Gasteiger partial charge in [-0.1, -0.05) is 0 Å². The molecule has 0 saturated heterocycles. The van der Waals surface area contributed by atoms with Crippen molar-refractivity contribution in [1.82, 2.24) is 0 Å². The lowest BCUT2D eigenvalue weighted by Gasteiger charge is -2.13. The highest BCUT2D eigenvalue weighted by Crippen LogP contribution is 2.30. The number of aliphatic hydroxyl groups is 1. The normalized spacial score (nSPS) is 12.2. The van der Waals surface area contributed by atoms with Crippen LogP contribution in [0.3, 0.4) is 0 Å². The van der Waals surface area contributed by atoms with E-state index in [0.717, 1.165) is 0 Å². The maximum Gasteiger partial charge on any atom is 0.270 e. The first-order chi connectivity index (χ1) is 7.60. The second-order valence-corrected chi connectivity index (χ2v) is 3.28. The Balaban J connectivity index is 3.11. The highest BCUT2D eigenvalue weighted by Gasteiger charge is 2.17. The van der Waals surface area contributed by atoms with Gasteiger partial charge in [0.25, 0.3) is 5.69 Å². The summed E-state index contributed by atoms with van der Waals surface area (Å²) in [4.78, 5) is 10.1. The minimum Gasteiger partial charge on any atom is -0.496 e. The Kier molecular flexibility index (Phi) is 4.21. The molecule has 0 spiro atoms. The number of ether oxygens (including phenoxy) is 1. The van der Waals surface area contributed by atoms with E-state index >= 15 is 0 Å². The van der Waals surface area contributed by atoms with E-state index in [1.807, 2.05) is 0 Å². The molecular weight excluding hydrogens is 212 g/mol. The highest BCUT2D eigenvalue weighted by atomic mass is 16.6. The van der Waals surface area contributed by atoms with Gasteiger partial charge in [-0.2, -0.15) is 0 Å². The molecule has 0 bridgehead atoms. The van der Waals surface area contributed by atoms with Gasteiger partial charge in [-0.25, -0.2) is 0 Å². The van der Waals surface area contributed by atoms with Crippen molar-refractivity contribution in [3.8, 4) is 5.75 Å². The first-order valence-electron chi connectivity index (χ1n) is 4.80. The number of nitrogens with two attached hydrogens (primary N) is 1. The standard InChI is InChI=1S/C10H14N2O4/c1-16-10-3-2-7(12(14)15)6-8(10)9(13)4-5-11/h2-3,6,9,13H,4-5,11H2,1H3/t9-/m1/s1. The zero-order chi connectivity index (χ0) is 12.1. The SMILES string of the molecule is COc1ccc([N+](=O)[O-])cc1[C@H](O)CCN. The molecule has 6 nitrogen and oxygen atoms in total. The molecule has 0 heterocycles. The third-order valence-corrected chi connectivity index (χ3v) is 2.22. The molecule has 0 saturated carbocycles. The topological polar surface area (TPSA) is 98.6 Å². The Labute approximate surface area is 92.8 Å². The van der Waals surface area contributed by atoms with Crippen LogP contribution in [0.1, 0.15) is 18.1 Å². The van der Waals surface area contributed by atoms with Crippen molar-refractivity contribution in [1.29, 1.82) is 0 Å². The van der Waals surface area contributed by atoms with Crippen LogP contribution in [0, 0.1) is 10.1 Å². The van der Waals surface area contributed by atoms with Gasteiger partial charge in [-0.05, 0) is 19.0 Å². The van der Waals surface area contributed by atoms with Crippen LogP contribution in [0.25, 0.3) is 0 Å². The number of nitro benzene ring substituents is 1. The number of hydrogen-bond acceptors (Lipinski definition) is 5. The number of nitro groups is 1. The van der Waals surface area contributed by atoms with Crippen LogP contribution < -0.4 is 10.5 Å². The van der Waals surface area contributed by atoms with Crippen molar-refractivity contribution < 1.29 is 14.8 Å². The van der Waals surface area contributed by atoms with E-state index in [1.165, 1.54) is 25.3 Å². The van der Waals surface area contributed by atoms with Crippen molar-refractivity contribution in [2.24, 2.45) is 5.73 Å².